The van der Waals surface area contributed by atoms with E-state index in [1.54, 1.807) is 30.3 Å². The molecule has 10 nitrogen and oxygen atoms in total. The lowest BCUT2D eigenvalue weighted by atomic mass is 10.2. The molecule has 0 unspecified atom stereocenters. The molecule has 0 saturated carbocycles. The Morgan fingerprint density at radius 1 is 0.643 bits per heavy atom. The normalized spacial score (nSPS) is 10.7. The van der Waals surface area contributed by atoms with Crippen molar-refractivity contribution < 1.29 is 28.8 Å². The summed E-state index contributed by atoms with van der Waals surface area (Å²) in [4.78, 5) is 24.9. The summed E-state index contributed by atoms with van der Waals surface area (Å²) in [5.74, 6) is -2.54. The molecule has 0 aliphatic heterocycles. The summed E-state index contributed by atoms with van der Waals surface area (Å²) < 4.78 is 28.4. The fraction of sp³-hybridized carbons (Fsp3) is 0.0769. The van der Waals surface area contributed by atoms with Crippen LogP contribution in [0.3, 0.4) is 0 Å². The topological polar surface area (TPSA) is 151 Å². The Bertz CT molecular complexity index is 2230. The molecule has 6 rings (SSSR count). The van der Waals surface area contributed by atoms with Crippen LogP contribution in [0.15, 0.2) is 138 Å². The summed E-state index contributed by atoms with van der Waals surface area (Å²) in [6, 6.07) is 29.7. The highest BCUT2D eigenvalue weighted by molar-refractivity contribution is 9.10. The van der Waals surface area contributed by atoms with Gasteiger partial charge in [0, 0.05) is 70.9 Å². The molecule has 0 radical (unpaired) electrons. The number of rotatable bonds is 12. The van der Waals surface area contributed by atoms with Gasteiger partial charge >= 0.3 is 0 Å². The van der Waals surface area contributed by atoms with Crippen LogP contribution in [-0.2, 0) is 13.1 Å². The predicted molar refractivity (Wildman–Crippen MR) is 223 cm³/mol. The monoisotopic (exact) mass is 944 g/mol. The highest BCUT2D eigenvalue weighted by Crippen LogP contribution is 2.37. The maximum absolute atomic E-state index is 13.7. The zero-order valence-electron chi connectivity index (χ0n) is 28.9. The third-order valence-corrected chi connectivity index (χ3v) is 11.2. The van der Waals surface area contributed by atoms with Crippen LogP contribution in [-0.4, -0.2) is 20.1 Å². The van der Waals surface area contributed by atoms with E-state index in [-0.39, 0.29) is 35.8 Å². The van der Waals surface area contributed by atoms with Gasteiger partial charge in [0.25, 0.3) is 11.4 Å². The van der Waals surface area contributed by atoms with Gasteiger partial charge in [-0.2, -0.15) is 0 Å². The number of hydrogen-bond donors (Lipinski definition) is 4. The molecule has 0 bridgehead atoms. The third-order valence-electron chi connectivity index (χ3n) is 7.79. The lowest BCUT2D eigenvalue weighted by Crippen LogP contribution is -2.03. The highest BCUT2D eigenvalue weighted by Gasteiger charge is 2.16. The van der Waals surface area contributed by atoms with E-state index < -0.39 is 33.0 Å². The molecule has 0 aliphatic rings. The van der Waals surface area contributed by atoms with Crippen LogP contribution in [0.5, 0.6) is 11.5 Å². The molecule has 6 aromatic carbocycles. The van der Waals surface area contributed by atoms with Crippen LogP contribution in [0.2, 0.25) is 5.02 Å². The fourth-order valence-electron chi connectivity index (χ4n) is 4.98. The van der Waals surface area contributed by atoms with Crippen molar-refractivity contribution in [2.24, 2.45) is 0 Å². The number of anilines is 2. The number of nitro benzene ring substituents is 2. The van der Waals surface area contributed by atoms with Crippen molar-refractivity contribution >= 4 is 89.7 Å². The van der Waals surface area contributed by atoms with Gasteiger partial charge in [0.15, 0.2) is 23.1 Å². The van der Waals surface area contributed by atoms with E-state index in [4.69, 9.17) is 11.6 Å². The van der Waals surface area contributed by atoms with Gasteiger partial charge in [0.1, 0.15) is 0 Å². The summed E-state index contributed by atoms with van der Waals surface area (Å²) in [5.41, 5.74) is 2.73. The average molecular weight is 947 g/mol. The first-order valence-corrected chi connectivity index (χ1v) is 19.8. The van der Waals surface area contributed by atoms with E-state index in [9.17, 15) is 39.2 Å². The van der Waals surface area contributed by atoms with E-state index in [1.165, 1.54) is 53.9 Å². The standard InChI is InChI=1S/C20H16BrFN2O3S.C19H13BrClFN2O3S/c1-12-2-5-16(6-3-12)28-19-7-4-15(24(26)27)8-13(19)11-23-18-10-14(21)9-17(22)20(18)25;20-12-8-16(22)19(25)17(9-12)23-10-11-7-14(24(26)27)3-6-18(11)28-15-4-1-13(21)2-5-15/h2-10,23,25H,11H2,1H3;1-9,23,25H,10H2. The SMILES string of the molecule is Cc1ccc(Sc2ccc([N+](=O)[O-])cc2CNc2cc(Br)cc(F)c2O)cc1.O=[N+]([O-])c1ccc(Sc2ccc(Cl)cc2)c(CNc2cc(Br)cc(F)c2O)c1. The first-order valence-electron chi connectivity index (χ1n) is 16.2. The second-order valence-corrected chi connectivity index (χ2v) is 16.3. The number of aryl methyl sites for hydroxylation is 1. The second-order valence-electron chi connectivity index (χ2n) is 11.8. The maximum atomic E-state index is 13.7. The number of nitro groups is 2. The van der Waals surface area contributed by atoms with Crippen molar-refractivity contribution in [2.75, 3.05) is 10.6 Å². The fourth-order valence-corrected chi connectivity index (χ4v) is 7.81. The van der Waals surface area contributed by atoms with Crippen molar-refractivity contribution in [1.82, 2.24) is 0 Å². The Kier molecular flexibility index (Phi) is 14.6. The van der Waals surface area contributed by atoms with Crippen LogP contribution in [0, 0.1) is 38.8 Å². The largest absolute Gasteiger partial charge is 0.503 e. The number of halogens is 5. The van der Waals surface area contributed by atoms with Gasteiger partial charge in [0.2, 0.25) is 0 Å². The molecule has 4 N–H and O–H groups in total. The molecule has 0 amide bonds. The van der Waals surface area contributed by atoms with Crippen molar-refractivity contribution in [3.8, 4) is 11.5 Å². The lowest BCUT2D eigenvalue weighted by molar-refractivity contribution is -0.385. The third kappa shape index (κ3) is 11.6. The van der Waals surface area contributed by atoms with E-state index in [2.05, 4.69) is 42.5 Å². The first-order chi connectivity index (χ1) is 26.7. The Morgan fingerprint density at radius 2 is 1.04 bits per heavy atom. The van der Waals surface area contributed by atoms with Crippen LogP contribution in [0.4, 0.5) is 31.5 Å². The minimum absolute atomic E-state index is 0.0327. The molecule has 0 aromatic heterocycles. The van der Waals surface area contributed by atoms with Crippen LogP contribution < -0.4 is 10.6 Å². The van der Waals surface area contributed by atoms with E-state index >= 15 is 0 Å². The summed E-state index contributed by atoms with van der Waals surface area (Å²) in [6.45, 7) is 2.33. The summed E-state index contributed by atoms with van der Waals surface area (Å²) >= 11 is 15.2. The molecule has 6 aromatic rings. The first kappa shape index (κ1) is 42.3. The van der Waals surface area contributed by atoms with E-state index in [0.29, 0.717) is 25.1 Å². The van der Waals surface area contributed by atoms with Crippen molar-refractivity contribution in [3.05, 3.63) is 172 Å². The van der Waals surface area contributed by atoms with Gasteiger partial charge in [-0.05, 0) is 90.8 Å². The lowest BCUT2D eigenvalue weighted by Gasteiger charge is -2.13. The van der Waals surface area contributed by atoms with E-state index in [1.807, 2.05) is 43.3 Å². The minimum atomic E-state index is -0.772. The number of phenols is 2. The molecule has 0 atom stereocenters. The molecule has 0 spiro atoms. The number of phenolic OH excluding ortho intramolecular Hbond substituents is 2. The number of non-ortho nitro benzene ring substituents is 2. The predicted octanol–water partition coefficient (Wildman–Crippen LogP) is 12.9. The van der Waals surface area contributed by atoms with E-state index in [0.717, 1.165) is 37.3 Å². The zero-order chi connectivity index (χ0) is 40.5. The molecule has 56 heavy (non-hydrogen) atoms. The molecular formula is C39H29Br2ClF2N4O6S2. The Balaban J connectivity index is 0.000000214. The Labute approximate surface area is 349 Å². The second kappa shape index (κ2) is 19.3. The molecule has 0 saturated heterocycles. The summed E-state index contributed by atoms with van der Waals surface area (Å²) in [5, 5.41) is 48.6. The molecular weight excluding hydrogens is 918 g/mol. The Morgan fingerprint density at radius 3 is 1.43 bits per heavy atom. The number of nitrogens with one attached hydrogen (secondary N) is 2. The number of hydrogen-bond acceptors (Lipinski definition) is 10. The van der Waals surface area contributed by atoms with Crippen LogP contribution in [0.25, 0.3) is 0 Å². The number of aromatic hydroxyl groups is 2. The van der Waals surface area contributed by atoms with Crippen molar-refractivity contribution in [3.63, 3.8) is 0 Å². The maximum Gasteiger partial charge on any atom is 0.269 e. The minimum Gasteiger partial charge on any atom is -0.503 e. The molecule has 0 fully saturated rings. The van der Waals surface area contributed by atoms with Crippen molar-refractivity contribution in [2.45, 2.75) is 39.6 Å². The number of benzene rings is 6. The Hall–Kier alpha value is -4.87. The van der Waals surface area contributed by atoms with Gasteiger partial charge in [-0.15, -0.1) is 0 Å². The molecule has 17 heteroatoms. The van der Waals surface area contributed by atoms with Gasteiger partial charge in [-0.3, -0.25) is 20.2 Å². The number of nitrogens with zero attached hydrogens (tertiary/aromatic N) is 2. The van der Waals surface area contributed by atoms with Gasteiger partial charge in [0.05, 0.1) is 21.2 Å². The van der Waals surface area contributed by atoms with Gasteiger partial charge in [-0.1, -0.05) is 84.7 Å². The smallest absolute Gasteiger partial charge is 0.269 e. The van der Waals surface area contributed by atoms with Crippen molar-refractivity contribution in [1.29, 1.82) is 0 Å². The quantitative estimate of drug-likeness (QED) is 0.0530. The van der Waals surface area contributed by atoms with Gasteiger partial charge in [-0.25, -0.2) is 8.78 Å². The average Bonchev–Trinajstić information content (AvgIpc) is 3.16. The summed E-state index contributed by atoms with van der Waals surface area (Å²) in [6.07, 6.45) is 0. The molecule has 0 aliphatic carbocycles. The zero-order valence-corrected chi connectivity index (χ0v) is 34.5. The molecule has 0 heterocycles. The van der Waals surface area contributed by atoms with Crippen LogP contribution >= 0.6 is 67.0 Å². The van der Waals surface area contributed by atoms with Crippen LogP contribution in [0.1, 0.15) is 16.7 Å². The highest BCUT2D eigenvalue weighted by atomic mass is 79.9. The summed E-state index contributed by atoms with van der Waals surface area (Å²) in [7, 11) is 0. The van der Waals surface area contributed by atoms with Gasteiger partial charge < -0.3 is 20.8 Å². The molecule has 288 valence electrons.